The Morgan fingerprint density at radius 3 is 2.93 bits per heavy atom. The molecule has 1 aromatic heterocycles. The van der Waals surface area contributed by atoms with E-state index in [1.807, 2.05) is 12.1 Å². The lowest BCUT2D eigenvalue weighted by Crippen LogP contribution is -1.85. The number of thioether (sulfide) groups is 1. The van der Waals surface area contributed by atoms with Crippen LogP contribution in [0.2, 0.25) is 0 Å². The molecule has 0 saturated carbocycles. The minimum Gasteiger partial charge on any atom is -0.396 e. The highest BCUT2D eigenvalue weighted by molar-refractivity contribution is 7.98. The van der Waals surface area contributed by atoms with Crippen LogP contribution in [-0.4, -0.2) is 29.2 Å². The maximum Gasteiger partial charge on any atom is 0.104 e. The molecule has 0 atom stereocenters. The molecule has 0 radical (unpaired) electrons. The van der Waals surface area contributed by atoms with Crippen molar-refractivity contribution >= 4 is 23.1 Å². The van der Waals surface area contributed by atoms with Gasteiger partial charge in [-0.3, -0.25) is 0 Å². The van der Waals surface area contributed by atoms with E-state index in [0.717, 1.165) is 16.4 Å². The largest absolute Gasteiger partial charge is 0.396 e. The molecular formula is C10H12O2S2. The Morgan fingerprint density at radius 1 is 1.36 bits per heavy atom. The Bertz CT molecular complexity index is 322. The smallest absolute Gasteiger partial charge is 0.104 e. The molecule has 1 rings (SSSR count). The molecule has 0 amide bonds. The third-order valence-corrected chi connectivity index (χ3v) is 3.60. The Hall–Kier alpha value is -0.470. The first kappa shape index (κ1) is 11.6. The molecule has 0 unspecified atom stereocenters. The van der Waals surface area contributed by atoms with Crippen LogP contribution in [0.4, 0.5) is 0 Å². The molecular weight excluding hydrogens is 216 g/mol. The van der Waals surface area contributed by atoms with E-state index in [0.29, 0.717) is 0 Å². The number of hydrogen-bond acceptors (Lipinski definition) is 4. The average Bonchev–Trinajstić information content (AvgIpc) is 2.63. The molecule has 76 valence electrons. The van der Waals surface area contributed by atoms with Gasteiger partial charge in [0.2, 0.25) is 0 Å². The van der Waals surface area contributed by atoms with Crippen LogP contribution in [0.25, 0.3) is 0 Å². The molecule has 0 aromatic carbocycles. The molecule has 0 aliphatic carbocycles. The van der Waals surface area contributed by atoms with Gasteiger partial charge in [0, 0.05) is 16.4 Å². The van der Waals surface area contributed by atoms with E-state index in [1.165, 1.54) is 4.88 Å². The van der Waals surface area contributed by atoms with Gasteiger partial charge in [-0.15, -0.1) is 11.3 Å². The average molecular weight is 228 g/mol. The van der Waals surface area contributed by atoms with Crippen molar-refractivity contribution in [1.82, 2.24) is 0 Å². The van der Waals surface area contributed by atoms with Crippen molar-refractivity contribution < 1.29 is 10.2 Å². The SMILES string of the molecule is OCC#Cc1ccc(CSCCO)s1. The third-order valence-electron chi connectivity index (χ3n) is 1.43. The number of rotatable bonds is 4. The molecule has 1 aromatic rings. The second-order valence-electron chi connectivity index (χ2n) is 2.50. The summed E-state index contributed by atoms with van der Waals surface area (Å²) >= 11 is 3.34. The van der Waals surface area contributed by atoms with Gasteiger partial charge in [0.05, 0.1) is 11.5 Å². The van der Waals surface area contributed by atoms with Crippen molar-refractivity contribution in [3.05, 3.63) is 21.9 Å². The van der Waals surface area contributed by atoms with Gasteiger partial charge in [0.1, 0.15) is 6.61 Å². The van der Waals surface area contributed by atoms with Crippen molar-refractivity contribution in [1.29, 1.82) is 0 Å². The summed E-state index contributed by atoms with van der Waals surface area (Å²) < 4.78 is 0. The molecule has 0 saturated heterocycles. The van der Waals surface area contributed by atoms with E-state index in [1.54, 1.807) is 23.1 Å². The standard InChI is InChI=1S/C10H12O2S2/c11-5-1-2-9-3-4-10(14-9)8-13-7-6-12/h3-4,11-12H,5-8H2. The van der Waals surface area contributed by atoms with Crippen LogP contribution in [0.3, 0.4) is 0 Å². The van der Waals surface area contributed by atoms with Crippen LogP contribution in [0, 0.1) is 11.8 Å². The van der Waals surface area contributed by atoms with Gasteiger partial charge >= 0.3 is 0 Å². The fourth-order valence-electron chi connectivity index (χ4n) is 0.887. The first-order valence-corrected chi connectivity index (χ1v) is 6.21. The van der Waals surface area contributed by atoms with E-state index in [4.69, 9.17) is 10.2 Å². The molecule has 0 aliphatic heterocycles. The Balaban J connectivity index is 2.42. The molecule has 1 heterocycles. The van der Waals surface area contributed by atoms with E-state index in [9.17, 15) is 0 Å². The predicted octanol–water partition coefficient (Wildman–Crippen LogP) is 1.32. The highest BCUT2D eigenvalue weighted by Crippen LogP contribution is 2.20. The van der Waals surface area contributed by atoms with Crippen LogP contribution in [0.1, 0.15) is 9.75 Å². The lowest BCUT2D eigenvalue weighted by Gasteiger charge is -1.94. The third kappa shape index (κ3) is 4.16. The van der Waals surface area contributed by atoms with Gasteiger partial charge in [-0.25, -0.2) is 0 Å². The van der Waals surface area contributed by atoms with E-state index >= 15 is 0 Å². The molecule has 0 spiro atoms. The van der Waals surface area contributed by atoms with Gasteiger partial charge in [-0.2, -0.15) is 11.8 Å². The lowest BCUT2D eigenvalue weighted by molar-refractivity contribution is 0.322. The topological polar surface area (TPSA) is 40.5 Å². The molecule has 0 aliphatic rings. The zero-order valence-electron chi connectivity index (χ0n) is 7.69. The summed E-state index contributed by atoms with van der Waals surface area (Å²) in [5.74, 6) is 7.18. The van der Waals surface area contributed by atoms with Crippen LogP contribution < -0.4 is 0 Å². The fourth-order valence-corrected chi connectivity index (χ4v) is 2.62. The first-order chi connectivity index (χ1) is 6.86. The van der Waals surface area contributed by atoms with Crippen LogP contribution in [0.5, 0.6) is 0 Å². The first-order valence-electron chi connectivity index (χ1n) is 4.24. The van der Waals surface area contributed by atoms with Crippen molar-refractivity contribution in [2.75, 3.05) is 19.0 Å². The fraction of sp³-hybridized carbons (Fsp3) is 0.400. The maximum absolute atomic E-state index is 8.60. The Kier molecular flexibility index (Phi) is 5.72. The molecule has 0 fully saturated rings. The zero-order chi connectivity index (χ0) is 10.2. The van der Waals surface area contributed by atoms with E-state index in [2.05, 4.69) is 11.8 Å². The molecule has 4 heteroatoms. The summed E-state index contributed by atoms with van der Waals surface area (Å²) in [6.45, 7) is 0.139. The molecule has 2 nitrogen and oxygen atoms in total. The number of aliphatic hydroxyl groups excluding tert-OH is 2. The minimum absolute atomic E-state index is 0.0908. The summed E-state index contributed by atoms with van der Waals surface area (Å²) in [7, 11) is 0. The predicted molar refractivity (Wildman–Crippen MR) is 61.5 cm³/mol. The van der Waals surface area contributed by atoms with E-state index in [-0.39, 0.29) is 13.2 Å². The van der Waals surface area contributed by atoms with Gasteiger partial charge in [0.15, 0.2) is 0 Å². The molecule has 2 N–H and O–H groups in total. The van der Waals surface area contributed by atoms with Gasteiger partial charge < -0.3 is 10.2 Å². The number of hydrogen-bond donors (Lipinski definition) is 2. The maximum atomic E-state index is 8.60. The van der Waals surface area contributed by atoms with Crippen molar-refractivity contribution in [3.63, 3.8) is 0 Å². The van der Waals surface area contributed by atoms with Crippen LogP contribution >= 0.6 is 23.1 Å². The normalized spacial score (nSPS) is 9.57. The second-order valence-corrected chi connectivity index (χ2v) is 4.78. The molecule has 14 heavy (non-hydrogen) atoms. The number of thiophene rings is 1. The minimum atomic E-state index is -0.0908. The summed E-state index contributed by atoms with van der Waals surface area (Å²) in [6, 6.07) is 4.00. The van der Waals surface area contributed by atoms with E-state index < -0.39 is 0 Å². The van der Waals surface area contributed by atoms with Gasteiger partial charge in [-0.05, 0) is 12.1 Å². The highest BCUT2D eigenvalue weighted by Gasteiger charge is 1.97. The quantitative estimate of drug-likeness (QED) is 0.603. The summed E-state index contributed by atoms with van der Waals surface area (Å²) in [6.07, 6.45) is 0. The summed E-state index contributed by atoms with van der Waals surface area (Å²) in [5, 5.41) is 17.1. The van der Waals surface area contributed by atoms with Gasteiger partial charge in [-0.1, -0.05) is 11.8 Å². The summed E-state index contributed by atoms with van der Waals surface area (Å²) in [5.41, 5.74) is 0. The van der Waals surface area contributed by atoms with Crippen molar-refractivity contribution in [2.45, 2.75) is 5.75 Å². The zero-order valence-corrected chi connectivity index (χ0v) is 9.33. The van der Waals surface area contributed by atoms with Gasteiger partial charge in [0.25, 0.3) is 0 Å². The second kappa shape index (κ2) is 6.91. The van der Waals surface area contributed by atoms with Crippen LogP contribution in [-0.2, 0) is 5.75 Å². The summed E-state index contributed by atoms with van der Waals surface area (Å²) in [4.78, 5) is 2.24. The Morgan fingerprint density at radius 2 is 2.21 bits per heavy atom. The highest BCUT2D eigenvalue weighted by atomic mass is 32.2. The number of aliphatic hydroxyl groups is 2. The molecule has 0 bridgehead atoms. The monoisotopic (exact) mass is 228 g/mol. The lowest BCUT2D eigenvalue weighted by atomic mass is 10.4. The Labute approximate surface area is 92.0 Å². The van der Waals surface area contributed by atoms with Crippen LogP contribution in [0.15, 0.2) is 12.1 Å². The van der Waals surface area contributed by atoms with Crippen molar-refractivity contribution in [2.24, 2.45) is 0 Å². The van der Waals surface area contributed by atoms with Crippen molar-refractivity contribution in [3.8, 4) is 11.8 Å².